The van der Waals surface area contributed by atoms with E-state index in [1.807, 2.05) is 40.2 Å². The first-order valence-electron chi connectivity index (χ1n) is 10.3. The molecule has 4 rings (SSSR count). The van der Waals surface area contributed by atoms with Crippen molar-refractivity contribution in [3.05, 3.63) is 42.4 Å². The Hall–Kier alpha value is -2.37. The summed E-state index contributed by atoms with van der Waals surface area (Å²) < 4.78 is 1.99. The number of aromatic nitrogens is 3. The number of carbonyl (C=O) groups is 1. The molecule has 2 aromatic rings. The van der Waals surface area contributed by atoms with Crippen molar-refractivity contribution < 1.29 is 4.79 Å². The summed E-state index contributed by atoms with van der Waals surface area (Å²) in [6, 6.07) is 5.93. The van der Waals surface area contributed by atoms with Crippen molar-refractivity contribution in [1.29, 1.82) is 0 Å². The van der Waals surface area contributed by atoms with Gasteiger partial charge in [0.2, 0.25) is 0 Å². The van der Waals surface area contributed by atoms with Crippen molar-refractivity contribution in [1.82, 2.24) is 19.7 Å². The molecule has 0 bridgehead atoms. The highest BCUT2D eigenvalue weighted by molar-refractivity contribution is 5.94. The van der Waals surface area contributed by atoms with Gasteiger partial charge < -0.3 is 9.80 Å². The number of rotatable bonds is 4. The highest BCUT2D eigenvalue weighted by atomic mass is 16.2. The van der Waals surface area contributed by atoms with Gasteiger partial charge in [0, 0.05) is 51.3 Å². The predicted octanol–water partition coefficient (Wildman–Crippen LogP) is 3.21. The fraction of sp³-hybridized carbons (Fsp3) is 0.571. The molecular formula is C21H29N5O. The Kier molecular flexibility index (Phi) is 5.70. The van der Waals surface area contributed by atoms with E-state index in [9.17, 15) is 4.79 Å². The summed E-state index contributed by atoms with van der Waals surface area (Å²) in [7, 11) is 0. The monoisotopic (exact) mass is 367 g/mol. The van der Waals surface area contributed by atoms with Crippen molar-refractivity contribution in [2.45, 2.75) is 45.1 Å². The smallest absolute Gasteiger partial charge is 0.255 e. The highest BCUT2D eigenvalue weighted by Gasteiger charge is 2.24. The zero-order valence-electron chi connectivity index (χ0n) is 16.0. The Bertz CT molecular complexity index is 712. The summed E-state index contributed by atoms with van der Waals surface area (Å²) in [5, 5.41) is 4.29. The molecule has 2 aliphatic rings. The average Bonchev–Trinajstić information content (AvgIpc) is 3.07. The molecule has 6 nitrogen and oxygen atoms in total. The number of anilines is 1. The van der Waals surface area contributed by atoms with Gasteiger partial charge in [0.1, 0.15) is 5.82 Å². The molecule has 1 amide bonds. The van der Waals surface area contributed by atoms with Crippen LogP contribution in [0.4, 0.5) is 5.82 Å². The van der Waals surface area contributed by atoms with Gasteiger partial charge in [-0.1, -0.05) is 12.8 Å². The first kappa shape index (κ1) is 18.0. The topological polar surface area (TPSA) is 54.3 Å². The van der Waals surface area contributed by atoms with Gasteiger partial charge in [-0.2, -0.15) is 5.10 Å². The molecule has 2 saturated heterocycles. The predicted molar refractivity (Wildman–Crippen MR) is 106 cm³/mol. The Labute approximate surface area is 161 Å². The lowest BCUT2D eigenvalue weighted by Crippen LogP contribution is -2.39. The minimum absolute atomic E-state index is 0.113. The van der Waals surface area contributed by atoms with Crippen molar-refractivity contribution >= 4 is 11.7 Å². The van der Waals surface area contributed by atoms with Crippen LogP contribution in [0.5, 0.6) is 0 Å². The van der Waals surface area contributed by atoms with Crippen LogP contribution in [-0.2, 0) is 6.54 Å². The van der Waals surface area contributed by atoms with Crippen LogP contribution >= 0.6 is 0 Å². The molecule has 6 heteroatoms. The average molecular weight is 367 g/mol. The molecule has 2 fully saturated rings. The molecule has 27 heavy (non-hydrogen) atoms. The first-order chi connectivity index (χ1) is 13.3. The second-order valence-corrected chi connectivity index (χ2v) is 7.77. The van der Waals surface area contributed by atoms with Crippen molar-refractivity contribution in [3.8, 4) is 0 Å². The fourth-order valence-corrected chi connectivity index (χ4v) is 4.17. The lowest BCUT2D eigenvalue weighted by molar-refractivity contribution is 0.0681. The van der Waals surface area contributed by atoms with E-state index in [-0.39, 0.29) is 5.91 Å². The summed E-state index contributed by atoms with van der Waals surface area (Å²) in [5.41, 5.74) is 0.707. The van der Waals surface area contributed by atoms with Crippen molar-refractivity contribution in [2.24, 2.45) is 5.92 Å². The number of pyridine rings is 1. The zero-order chi connectivity index (χ0) is 18.5. The summed E-state index contributed by atoms with van der Waals surface area (Å²) in [6.07, 6.45) is 12.7. The van der Waals surface area contributed by atoms with Crippen molar-refractivity contribution in [2.75, 3.05) is 31.1 Å². The lowest BCUT2D eigenvalue weighted by atomic mass is 9.96. The van der Waals surface area contributed by atoms with Crippen LogP contribution in [0.2, 0.25) is 0 Å². The van der Waals surface area contributed by atoms with E-state index in [0.717, 1.165) is 51.4 Å². The number of amides is 1. The van der Waals surface area contributed by atoms with Gasteiger partial charge in [0.15, 0.2) is 0 Å². The molecular weight excluding hydrogens is 338 g/mol. The van der Waals surface area contributed by atoms with Crippen LogP contribution in [0.25, 0.3) is 0 Å². The molecule has 0 aliphatic carbocycles. The first-order valence-corrected chi connectivity index (χ1v) is 10.3. The summed E-state index contributed by atoms with van der Waals surface area (Å²) >= 11 is 0. The Morgan fingerprint density at radius 2 is 1.81 bits per heavy atom. The van der Waals surface area contributed by atoms with Gasteiger partial charge in [0.25, 0.3) is 5.91 Å². The van der Waals surface area contributed by atoms with E-state index in [2.05, 4.69) is 15.0 Å². The Morgan fingerprint density at radius 3 is 2.44 bits per heavy atom. The van der Waals surface area contributed by atoms with Crippen LogP contribution in [0.1, 0.15) is 48.9 Å². The second-order valence-electron chi connectivity index (χ2n) is 7.77. The zero-order valence-corrected chi connectivity index (χ0v) is 16.0. The van der Waals surface area contributed by atoms with Crippen LogP contribution < -0.4 is 4.90 Å². The van der Waals surface area contributed by atoms with E-state index in [1.165, 1.54) is 25.7 Å². The van der Waals surface area contributed by atoms with Gasteiger partial charge in [-0.25, -0.2) is 4.98 Å². The summed E-state index contributed by atoms with van der Waals surface area (Å²) in [6.45, 7) is 4.73. The molecule has 0 aromatic carbocycles. The van der Waals surface area contributed by atoms with E-state index < -0.39 is 0 Å². The van der Waals surface area contributed by atoms with Crippen LogP contribution in [0, 0.1) is 5.92 Å². The van der Waals surface area contributed by atoms with Gasteiger partial charge in [-0.05, 0) is 49.8 Å². The number of piperidine rings is 1. The lowest BCUT2D eigenvalue weighted by Gasteiger charge is -2.32. The maximum absolute atomic E-state index is 12.8. The molecule has 0 N–H and O–H groups in total. The van der Waals surface area contributed by atoms with E-state index in [4.69, 9.17) is 0 Å². The van der Waals surface area contributed by atoms with E-state index in [1.54, 1.807) is 6.20 Å². The standard InChI is InChI=1S/C21H29N5O/c27-21(25-14-8-18(9-15-25)17-26-13-5-10-23-26)19-6-7-20(22-16-19)24-11-3-1-2-4-12-24/h5-7,10,13,16,18H,1-4,8-9,11-12,14-15,17H2. The minimum Gasteiger partial charge on any atom is -0.357 e. The number of carbonyl (C=O) groups excluding carboxylic acids is 1. The van der Waals surface area contributed by atoms with Crippen LogP contribution in [-0.4, -0.2) is 51.8 Å². The molecule has 0 spiro atoms. The SMILES string of the molecule is O=C(c1ccc(N2CCCCCC2)nc1)N1CCC(Cn2cccn2)CC1. The highest BCUT2D eigenvalue weighted by Crippen LogP contribution is 2.22. The third kappa shape index (κ3) is 4.49. The third-order valence-corrected chi connectivity index (χ3v) is 5.83. The summed E-state index contributed by atoms with van der Waals surface area (Å²) in [4.78, 5) is 21.7. The molecule has 0 saturated carbocycles. The normalized spacial score (nSPS) is 19.1. The number of hydrogen-bond acceptors (Lipinski definition) is 4. The molecule has 0 atom stereocenters. The van der Waals surface area contributed by atoms with E-state index >= 15 is 0 Å². The van der Waals surface area contributed by atoms with Gasteiger partial charge >= 0.3 is 0 Å². The number of hydrogen-bond donors (Lipinski definition) is 0. The minimum atomic E-state index is 0.113. The largest absolute Gasteiger partial charge is 0.357 e. The van der Waals surface area contributed by atoms with Crippen molar-refractivity contribution in [3.63, 3.8) is 0 Å². The Balaban J connectivity index is 1.31. The molecule has 4 heterocycles. The third-order valence-electron chi connectivity index (χ3n) is 5.83. The summed E-state index contributed by atoms with van der Waals surface area (Å²) in [5.74, 6) is 1.71. The second kappa shape index (κ2) is 8.55. The molecule has 2 aromatic heterocycles. The van der Waals surface area contributed by atoms with E-state index in [0.29, 0.717) is 11.5 Å². The Morgan fingerprint density at radius 1 is 1.04 bits per heavy atom. The maximum atomic E-state index is 12.8. The van der Waals surface area contributed by atoms with Gasteiger partial charge in [-0.3, -0.25) is 9.48 Å². The maximum Gasteiger partial charge on any atom is 0.255 e. The van der Waals surface area contributed by atoms with Crippen LogP contribution in [0.15, 0.2) is 36.8 Å². The van der Waals surface area contributed by atoms with Gasteiger partial charge in [-0.15, -0.1) is 0 Å². The van der Waals surface area contributed by atoms with Gasteiger partial charge in [0.05, 0.1) is 5.56 Å². The van der Waals surface area contributed by atoms with Crippen LogP contribution in [0.3, 0.4) is 0 Å². The molecule has 144 valence electrons. The fourth-order valence-electron chi connectivity index (χ4n) is 4.17. The number of likely N-dealkylation sites (tertiary alicyclic amines) is 1. The molecule has 0 unspecified atom stereocenters. The molecule has 0 radical (unpaired) electrons. The molecule has 2 aliphatic heterocycles. The number of nitrogens with zero attached hydrogens (tertiary/aromatic N) is 5. The quantitative estimate of drug-likeness (QED) is 0.833.